The first kappa shape index (κ1) is 11.5. The molecule has 0 bridgehead atoms. The molecule has 16 heavy (non-hydrogen) atoms. The van der Waals surface area contributed by atoms with Gasteiger partial charge in [0.2, 0.25) is 0 Å². The molecule has 1 heterocycles. The zero-order valence-corrected chi connectivity index (χ0v) is 11.2. The SMILES string of the molecule is COc1ccc(OCc2cc(Br)cs2)cc1. The molecule has 0 fully saturated rings. The maximum atomic E-state index is 5.64. The Morgan fingerprint density at radius 3 is 2.44 bits per heavy atom. The van der Waals surface area contributed by atoms with Crippen molar-refractivity contribution in [3.8, 4) is 11.5 Å². The summed E-state index contributed by atoms with van der Waals surface area (Å²) < 4.78 is 11.8. The van der Waals surface area contributed by atoms with E-state index in [0.717, 1.165) is 16.0 Å². The van der Waals surface area contributed by atoms with Crippen molar-refractivity contribution in [3.63, 3.8) is 0 Å². The van der Waals surface area contributed by atoms with Gasteiger partial charge in [0, 0.05) is 14.7 Å². The van der Waals surface area contributed by atoms with E-state index in [1.165, 1.54) is 4.88 Å². The van der Waals surface area contributed by atoms with Crippen molar-refractivity contribution in [2.24, 2.45) is 0 Å². The van der Waals surface area contributed by atoms with Crippen LogP contribution < -0.4 is 9.47 Å². The maximum Gasteiger partial charge on any atom is 0.122 e. The fourth-order valence-electron chi connectivity index (χ4n) is 1.26. The third kappa shape index (κ3) is 3.00. The van der Waals surface area contributed by atoms with Crippen LogP contribution in [0.4, 0.5) is 0 Å². The molecule has 0 atom stereocenters. The summed E-state index contributed by atoms with van der Waals surface area (Å²) in [6.07, 6.45) is 0. The molecule has 0 unspecified atom stereocenters. The second-order valence-electron chi connectivity index (χ2n) is 3.20. The van der Waals surface area contributed by atoms with Gasteiger partial charge in [0.1, 0.15) is 18.1 Å². The Kier molecular flexibility index (Phi) is 3.85. The summed E-state index contributed by atoms with van der Waals surface area (Å²) in [6.45, 7) is 0.600. The molecule has 0 aliphatic rings. The van der Waals surface area contributed by atoms with Gasteiger partial charge in [-0.25, -0.2) is 0 Å². The minimum Gasteiger partial charge on any atom is -0.497 e. The molecule has 0 N–H and O–H groups in total. The van der Waals surface area contributed by atoms with Gasteiger partial charge < -0.3 is 9.47 Å². The van der Waals surface area contributed by atoms with Crippen LogP contribution in [0.25, 0.3) is 0 Å². The highest BCUT2D eigenvalue weighted by Crippen LogP contribution is 2.22. The predicted molar refractivity (Wildman–Crippen MR) is 69.3 cm³/mol. The Balaban J connectivity index is 1.94. The number of halogens is 1. The molecule has 4 heteroatoms. The summed E-state index contributed by atoms with van der Waals surface area (Å²) in [7, 11) is 1.65. The smallest absolute Gasteiger partial charge is 0.122 e. The number of hydrogen-bond acceptors (Lipinski definition) is 3. The van der Waals surface area contributed by atoms with E-state index in [-0.39, 0.29) is 0 Å². The summed E-state index contributed by atoms with van der Waals surface area (Å²) in [6, 6.07) is 9.65. The number of ether oxygens (including phenoxy) is 2. The van der Waals surface area contributed by atoms with E-state index in [1.807, 2.05) is 29.6 Å². The zero-order chi connectivity index (χ0) is 11.4. The summed E-state index contributed by atoms with van der Waals surface area (Å²) in [5.41, 5.74) is 0. The lowest BCUT2D eigenvalue weighted by Crippen LogP contribution is -1.92. The fraction of sp³-hybridized carbons (Fsp3) is 0.167. The molecule has 1 aromatic carbocycles. The minimum absolute atomic E-state index is 0.600. The number of methoxy groups -OCH3 is 1. The van der Waals surface area contributed by atoms with Gasteiger partial charge in [0.05, 0.1) is 7.11 Å². The molecule has 1 aromatic heterocycles. The predicted octanol–water partition coefficient (Wildman–Crippen LogP) is 4.10. The number of benzene rings is 1. The highest BCUT2D eigenvalue weighted by molar-refractivity contribution is 9.10. The summed E-state index contributed by atoms with van der Waals surface area (Å²) in [5.74, 6) is 1.69. The van der Waals surface area contributed by atoms with Gasteiger partial charge in [-0.1, -0.05) is 0 Å². The normalized spacial score (nSPS) is 10.1. The molecule has 0 radical (unpaired) electrons. The molecule has 0 saturated carbocycles. The van der Waals surface area contributed by atoms with Crippen LogP contribution in [-0.2, 0) is 6.61 Å². The Morgan fingerprint density at radius 2 is 1.88 bits per heavy atom. The first-order valence-corrected chi connectivity index (χ1v) is 6.45. The Labute approximate surface area is 107 Å². The summed E-state index contributed by atoms with van der Waals surface area (Å²) >= 11 is 5.10. The number of thiophene rings is 1. The van der Waals surface area contributed by atoms with Crippen LogP contribution in [0.3, 0.4) is 0 Å². The molecule has 0 spiro atoms. The van der Waals surface area contributed by atoms with Crippen molar-refractivity contribution in [2.75, 3.05) is 7.11 Å². The topological polar surface area (TPSA) is 18.5 Å². The molecule has 0 aliphatic carbocycles. The van der Waals surface area contributed by atoms with Gasteiger partial charge in [-0.3, -0.25) is 0 Å². The third-order valence-electron chi connectivity index (χ3n) is 2.06. The molecule has 2 nitrogen and oxygen atoms in total. The lowest BCUT2D eigenvalue weighted by atomic mass is 10.3. The van der Waals surface area contributed by atoms with Crippen molar-refractivity contribution in [1.29, 1.82) is 0 Å². The van der Waals surface area contributed by atoms with Crippen LogP contribution in [0.1, 0.15) is 4.88 Å². The minimum atomic E-state index is 0.600. The molecular formula is C12H11BrO2S. The molecular weight excluding hydrogens is 288 g/mol. The van der Waals surface area contributed by atoms with Crippen molar-refractivity contribution < 1.29 is 9.47 Å². The van der Waals surface area contributed by atoms with Crippen LogP contribution in [-0.4, -0.2) is 7.11 Å². The van der Waals surface area contributed by atoms with Crippen molar-refractivity contribution in [1.82, 2.24) is 0 Å². The lowest BCUT2D eigenvalue weighted by Gasteiger charge is -2.05. The Hall–Kier alpha value is -1.00. The van der Waals surface area contributed by atoms with Gasteiger partial charge in [-0.15, -0.1) is 11.3 Å². The van der Waals surface area contributed by atoms with Gasteiger partial charge in [0.15, 0.2) is 0 Å². The highest BCUT2D eigenvalue weighted by atomic mass is 79.9. The van der Waals surface area contributed by atoms with E-state index in [9.17, 15) is 0 Å². The average molecular weight is 299 g/mol. The second-order valence-corrected chi connectivity index (χ2v) is 5.11. The highest BCUT2D eigenvalue weighted by Gasteiger charge is 1.99. The van der Waals surface area contributed by atoms with Crippen LogP contribution in [0.15, 0.2) is 40.2 Å². The summed E-state index contributed by atoms with van der Waals surface area (Å²) in [5, 5.41) is 2.05. The molecule has 2 rings (SSSR count). The van der Waals surface area contributed by atoms with Crippen LogP contribution in [0.2, 0.25) is 0 Å². The van der Waals surface area contributed by atoms with Crippen molar-refractivity contribution in [3.05, 3.63) is 45.1 Å². The Morgan fingerprint density at radius 1 is 1.19 bits per heavy atom. The zero-order valence-electron chi connectivity index (χ0n) is 8.77. The molecule has 84 valence electrons. The van der Waals surface area contributed by atoms with Crippen LogP contribution in [0, 0.1) is 0 Å². The van der Waals surface area contributed by atoms with Gasteiger partial charge in [-0.05, 0) is 46.3 Å². The van der Waals surface area contributed by atoms with Gasteiger partial charge >= 0.3 is 0 Å². The monoisotopic (exact) mass is 298 g/mol. The first-order valence-electron chi connectivity index (χ1n) is 4.77. The molecule has 0 aliphatic heterocycles. The first-order chi connectivity index (χ1) is 7.78. The quantitative estimate of drug-likeness (QED) is 0.846. The van der Waals surface area contributed by atoms with E-state index in [4.69, 9.17) is 9.47 Å². The van der Waals surface area contributed by atoms with Gasteiger partial charge in [-0.2, -0.15) is 0 Å². The molecule has 2 aromatic rings. The van der Waals surface area contributed by atoms with E-state index in [1.54, 1.807) is 18.4 Å². The van der Waals surface area contributed by atoms with E-state index in [2.05, 4.69) is 22.0 Å². The van der Waals surface area contributed by atoms with Crippen molar-refractivity contribution >= 4 is 27.3 Å². The van der Waals surface area contributed by atoms with Gasteiger partial charge in [0.25, 0.3) is 0 Å². The standard InChI is InChI=1S/C12H11BrO2S/c1-14-10-2-4-11(5-3-10)15-7-12-6-9(13)8-16-12/h2-6,8H,7H2,1H3. The lowest BCUT2D eigenvalue weighted by molar-refractivity contribution is 0.309. The number of hydrogen-bond donors (Lipinski definition) is 0. The fourth-order valence-corrected chi connectivity index (χ4v) is 2.62. The number of rotatable bonds is 4. The van der Waals surface area contributed by atoms with Crippen LogP contribution >= 0.6 is 27.3 Å². The summed E-state index contributed by atoms with van der Waals surface area (Å²) in [4.78, 5) is 1.20. The maximum absolute atomic E-state index is 5.64. The molecule has 0 amide bonds. The Bertz CT molecular complexity index is 450. The van der Waals surface area contributed by atoms with Crippen LogP contribution in [0.5, 0.6) is 11.5 Å². The largest absolute Gasteiger partial charge is 0.497 e. The second kappa shape index (κ2) is 5.37. The molecule has 0 saturated heterocycles. The van der Waals surface area contributed by atoms with E-state index < -0.39 is 0 Å². The van der Waals surface area contributed by atoms with E-state index in [0.29, 0.717) is 6.61 Å². The average Bonchev–Trinajstić information content (AvgIpc) is 2.73. The van der Waals surface area contributed by atoms with E-state index >= 15 is 0 Å². The van der Waals surface area contributed by atoms with Crippen molar-refractivity contribution in [2.45, 2.75) is 6.61 Å². The third-order valence-corrected chi connectivity index (χ3v) is 3.73.